The summed E-state index contributed by atoms with van der Waals surface area (Å²) in [5.74, 6) is 0.0382. The van der Waals surface area contributed by atoms with Crippen molar-refractivity contribution in [2.75, 3.05) is 31.2 Å². The van der Waals surface area contributed by atoms with Crippen LogP contribution in [0, 0.1) is 11.3 Å². The van der Waals surface area contributed by atoms with E-state index in [-0.39, 0.29) is 11.1 Å². The summed E-state index contributed by atoms with van der Waals surface area (Å²) in [5.41, 5.74) is -5.18. The number of ether oxygens (including phenoxy) is 1. The molecule has 1 saturated heterocycles. The first-order valence-corrected chi connectivity index (χ1v) is 10.3. The zero-order valence-electron chi connectivity index (χ0n) is 15.7. The van der Waals surface area contributed by atoms with Crippen molar-refractivity contribution in [1.82, 2.24) is 14.6 Å². The number of nitriles is 1. The highest BCUT2D eigenvalue weighted by Crippen LogP contribution is 2.34. The van der Waals surface area contributed by atoms with Gasteiger partial charge in [0.25, 0.3) is 0 Å². The van der Waals surface area contributed by atoms with Crippen LogP contribution in [0.1, 0.15) is 5.56 Å². The Hall–Kier alpha value is -3.37. The van der Waals surface area contributed by atoms with Crippen molar-refractivity contribution in [2.24, 2.45) is 0 Å². The van der Waals surface area contributed by atoms with Crippen molar-refractivity contribution < 1.29 is 30.5 Å². The van der Waals surface area contributed by atoms with Gasteiger partial charge in [0.1, 0.15) is 23.0 Å². The fourth-order valence-corrected chi connectivity index (χ4v) is 3.55. The lowest BCUT2D eigenvalue weighted by atomic mass is 10.1. The van der Waals surface area contributed by atoms with Gasteiger partial charge in [-0.1, -0.05) is 0 Å². The van der Waals surface area contributed by atoms with E-state index in [1.807, 2.05) is 4.90 Å². The molecule has 3 aromatic rings. The molecule has 13 heteroatoms. The van der Waals surface area contributed by atoms with Gasteiger partial charge in [-0.2, -0.15) is 31.9 Å². The third kappa shape index (κ3) is 3.99. The third-order valence-electron chi connectivity index (χ3n) is 4.60. The van der Waals surface area contributed by atoms with Gasteiger partial charge in [0.2, 0.25) is 0 Å². The number of halogens is 3. The molecule has 0 saturated carbocycles. The Morgan fingerprint density at radius 1 is 1.16 bits per heavy atom. The molecular formula is C18H14F3N5O4S. The minimum absolute atomic E-state index is 0.139. The standard InChI is InChI=1S/C18H14F3N5O4S/c19-18(20,21)31(27,28)30-15-7-13(11-26-17(15)14(8-22)10-24-26)12-1-2-16(23-9-12)25-3-5-29-6-4-25/h1-2,7,9-11H,3-6H2. The van der Waals surface area contributed by atoms with Gasteiger partial charge in [-0.3, -0.25) is 0 Å². The number of aromatic nitrogens is 3. The highest BCUT2D eigenvalue weighted by Gasteiger charge is 2.49. The monoisotopic (exact) mass is 453 g/mol. The van der Waals surface area contributed by atoms with Crippen LogP contribution >= 0.6 is 0 Å². The van der Waals surface area contributed by atoms with E-state index in [4.69, 9.17) is 4.74 Å². The lowest BCUT2D eigenvalue weighted by Crippen LogP contribution is -2.36. The Morgan fingerprint density at radius 2 is 1.90 bits per heavy atom. The molecule has 0 unspecified atom stereocenters. The van der Waals surface area contributed by atoms with Crippen LogP contribution in [0.25, 0.3) is 16.6 Å². The second kappa shape index (κ2) is 7.71. The Kier molecular flexibility index (Phi) is 5.19. The third-order valence-corrected chi connectivity index (χ3v) is 5.56. The fraction of sp³-hybridized carbons (Fsp3) is 0.278. The molecule has 4 heterocycles. The number of alkyl halides is 3. The number of rotatable bonds is 4. The topological polar surface area (TPSA) is 110 Å². The smallest absolute Gasteiger partial charge is 0.378 e. The average Bonchev–Trinajstić information content (AvgIpc) is 3.17. The second-order valence-corrected chi connectivity index (χ2v) is 8.08. The molecule has 0 N–H and O–H groups in total. The van der Waals surface area contributed by atoms with E-state index < -0.39 is 21.4 Å². The molecule has 4 rings (SSSR count). The van der Waals surface area contributed by atoms with E-state index in [0.29, 0.717) is 43.2 Å². The Morgan fingerprint density at radius 3 is 2.52 bits per heavy atom. The van der Waals surface area contributed by atoms with Gasteiger partial charge < -0.3 is 13.8 Å². The van der Waals surface area contributed by atoms with E-state index in [1.165, 1.54) is 12.4 Å². The maximum atomic E-state index is 12.8. The molecular weight excluding hydrogens is 439 g/mol. The maximum absolute atomic E-state index is 12.8. The van der Waals surface area contributed by atoms with Crippen molar-refractivity contribution in [3.05, 3.63) is 42.4 Å². The zero-order valence-corrected chi connectivity index (χ0v) is 16.5. The van der Waals surface area contributed by atoms with Crippen molar-refractivity contribution in [3.63, 3.8) is 0 Å². The summed E-state index contributed by atoms with van der Waals surface area (Å²) in [6.07, 6.45) is 4.04. The minimum atomic E-state index is -5.95. The molecule has 31 heavy (non-hydrogen) atoms. The molecule has 0 spiro atoms. The van der Waals surface area contributed by atoms with Crippen LogP contribution in [0.2, 0.25) is 0 Å². The molecule has 0 atom stereocenters. The summed E-state index contributed by atoms with van der Waals surface area (Å²) < 4.78 is 72.4. The van der Waals surface area contributed by atoms with Crippen LogP contribution in [-0.2, 0) is 14.9 Å². The molecule has 0 amide bonds. The normalized spacial score (nSPS) is 15.1. The van der Waals surface area contributed by atoms with Gasteiger partial charge in [-0.05, 0) is 18.2 Å². The number of morpholine rings is 1. The van der Waals surface area contributed by atoms with Crippen LogP contribution in [-0.4, -0.2) is 54.8 Å². The van der Waals surface area contributed by atoms with E-state index in [1.54, 1.807) is 18.2 Å². The molecule has 1 aliphatic rings. The van der Waals surface area contributed by atoms with Crippen molar-refractivity contribution in [2.45, 2.75) is 5.51 Å². The van der Waals surface area contributed by atoms with E-state index >= 15 is 0 Å². The number of fused-ring (bicyclic) bond motifs is 1. The van der Waals surface area contributed by atoms with E-state index in [2.05, 4.69) is 14.3 Å². The number of pyridine rings is 2. The molecule has 0 radical (unpaired) electrons. The molecule has 3 aromatic heterocycles. The molecule has 0 bridgehead atoms. The number of hydrogen-bond acceptors (Lipinski definition) is 8. The van der Waals surface area contributed by atoms with Gasteiger partial charge in [0.15, 0.2) is 5.75 Å². The molecule has 0 aromatic carbocycles. The number of hydrogen-bond donors (Lipinski definition) is 0. The largest absolute Gasteiger partial charge is 0.534 e. The lowest BCUT2D eigenvalue weighted by molar-refractivity contribution is -0.0499. The molecule has 1 aliphatic heterocycles. The molecule has 0 aliphatic carbocycles. The maximum Gasteiger partial charge on any atom is 0.534 e. The van der Waals surface area contributed by atoms with E-state index in [0.717, 1.165) is 16.8 Å². The zero-order chi connectivity index (χ0) is 22.2. The molecule has 9 nitrogen and oxygen atoms in total. The van der Waals surface area contributed by atoms with Crippen LogP contribution in [0.15, 0.2) is 36.8 Å². The lowest BCUT2D eigenvalue weighted by Gasteiger charge is -2.27. The number of anilines is 1. The van der Waals surface area contributed by atoms with Crippen LogP contribution in [0.3, 0.4) is 0 Å². The van der Waals surface area contributed by atoms with Gasteiger partial charge in [-0.25, -0.2) is 9.50 Å². The first kappa shape index (κ1) is 20.9. The van der Waals surface area contributed by atoms with Crippen molar-refractivity contribution in [1.29, 1.82) is 5.26 Å². The molecule has 162 valence electrons. The second-order valence-electron chi connectivity index (χ2n) is 6.54. The minimum Gasteiger partial charge on any atom is -0.378 e. The Bertz CT molecular complexity index is 1260. The van der Waals surface area contributed by atoms with Crippen LogP contribution < -0.4 is 9.08 Å². The summed E-state index contributed by atoms with van der Waals surface area (Å²) in [5, 5.41) is 13.1. The highest BCUT2D eigenvalue weighted by atomic mass is 32.2. The predicted octanol–water partition coefficient (Wildman–Crippen LogP) is 2.33. The fourth-order valence-electron chi connectivity index (χ4n) is 3.09. The van der Waals surface area contributed by atoms with Crippen molar-refractivity contribution in [3.8, 4) is 22.9 Å². The SMILES string of the molecule is N#Cc1cnn2cc(-c3ccc(N4CCOCC4)nc3)cc(OS(=O)(=O)C(F)(F)F)c12. The predicted molar refractivity (Wildman–Crippen MR) is 102 cm³/mol. The summed E-state index contributed by atoms with van der Waals surface area (Å²) in [6, 6.07) is 6.28. The summed E-state index contributed by atoms with van der Waals surface area (Å²) in [4.78, 5) is 6.39. The van der Waals surface area contributed by atoms with Crippen molar-refractivity contribution >= 4 is 21.5 Å². The van der Waals surface area contributed by atoms with Gasteiger partial charge in [0.05, 0.1) is 19.4 Å². The van der Waals surface area contributed by atoms with Crippen LogP contribution in [0.5, 0.6) is 5.75 Å². The number of nitrogens with zero attached hydrogens (tertiary/aromatic N) is 5. The summed E-state index contributed by atoms with van der Waals surface area (Å²) in [7, 11) is -5.95. The highest BCUT2D eigenvalue weighted by molar-refractivity contribution is 7.88. The first-order chi connectivity index (χ1) is 14.7. The van der Waals surface area contributed by atoms with Gasteiger partial charge >= 0.3 is 15.6 Å². The Labute approximate surface area is 174 Å². The summed E-state index contributed by atoms with van der Waals surface area (Å²) in [6.45, 7) is 2.51. The van der Waals surface area contributed by atoms with Crippen LogP contribution in [0.4, 0.5) is 19.0 Å². The average molecular weight is 453 g/mol. The van der Waals surface area contributed by atoms with E-state index in [9.17, 15) is 26.9 Å². The van der Waals surface area contributed by atoms with Gasteiger partial charge in [-0.15, -0.1) is 0 Å². The molecule has 1 fully saturated rings. The Balaban J connectivity index is 1.76. The first-order valence-electron chi connectivity index (χ1n) is 8.91. The summed E-state index contributed by atoms with van der Waals surface area (Å²) >= 11 is 0. The van der Waals surface area contributed by atoms with Gasteiger partial charge in [0, 0.05) is 36.6 Å². The quantitative estimate of drug-likeness (QED) is 0.437.